The Morgan fingerprint density at radius 1 is 1.03 bits per heavy atom. The molecule has 0 spiro atoms. The van der Waals surface area contributed by atoms with Gasteiger partial charge < -0.3 is 14.6 Å². The van der Waals surface area contributed by atoms with Crippen LogP contribution in [-0.2, 0) is 9.63 Å². The number of nitrogens with zero attached hydrogens (tertiary/aromatic N) is 4. The predicted octanol–water partition coefficient (Wildman–Crippen LogP) is 3.88. The molecule has 0 radical (unpaired) electrons. The summed E-state index contributed by atoms with van der Waals surface area (Å²) < 4.78 is 0. The van der Waals surface area contributed by atoms with E-state index in [1.165, 1.54) is 12.0 Å². The lowest BCUT2D eigenvalue weighted by Gasteiger charge is -2.38. The maximum atomic E-state index is 12.3. The highest BCUT2D eigenvalue weighted by Gasteiger charge is 2.42. The number of fused-ring (bicyclic) bond motifs is 3. The maximum absolute atomic E-state index is 12.3. The van der Waals surface area contributed by atoms with Gasteiger partial charge in [0.25, 0.3) is 0 Å². The van der Waals surface area contributed by atoms with Crippen LogP contribution in [-0.4, -0.2) is 73.3 Å². The van der Waals surface area contributed by atoms with Gasteiger partial charge in [-0.3, -0.25) is 9.69 Å². The zero-order valence-electron chi connectivity index (χ0n) is 20.0. The molecule has 0 saturated carbocycles. The van der Waals surface area contributed by atoms with Crippen molar-refractivity contribution in [2.24, 2.45) is 11.1 Å². The predicted molar refractivity (Wildman–Crippen MR) is 137 cm³/mol. The molecule has 0 bridgehead atoms. The zero-order valence-corrected chi connectivity index (χ0v) is 20.0. The number of hydrogen-bond acceptors (Lipinski definition) is 5. The Balaban J connectivity index is 1.08. The first-order valence-electron chi connectivity index (χ1n) is 12.5. The summed E-state index contributed by atoms with van der Waals surface area (Å²) in [6.45, 7) is 8.58. The SMILES string of the molecule is CC(=O)N1C[C@@H]2C(=NO[C@H]2CN2CCN(CCC/C=C/c3ccccc3)CC2)c2ccccc21. The number of carbonyl (C=O) groups is 1. The van der Waals surface area contributed by atoms with Gasteiger partial charge in [0.15, 0.2) is 0 Å². The summed E-state index contributed by atoms with van der Waals surface area (Å²) >= 11 is 0. The number of oxime groups is 1. The number of carbonyl (C=O) groups excluding carboxylic acids is 1. The third kappa shape index (κ3) is 5.08. The minimum Gasteiger partial charge on any atom is -0.390 e. The van der Waals surface area contributed by atoms with Crippen LogP contribution in [0.15, 0.2) is 65.8 Å². The van der Waals surface area contributed by atoms with Crippen LogP contribution in [0.25, 0.3) is 6.08 Å². The number of unbranched alkanes of at least 4 members (excludes halogenated alkanes) is 1. The molecule has 2 aromatic carbocycles. The van der Waals surface area contributed by atoms with Gasteiger partial charge in [0.1, 0.15) is 6.10 Å². The van der Waals surface area contributed by atoms with Gasteiger partial charge in [0, 0.05) is 51.8 Å². The average molecular weight is 459 g/mol. The monoisotopic (exact) mass is 458 g/mol. The molecule has 1 fully saturated rings. The Morgan fingerprint density at radius 2 is 1.76 bits per heavy atom. The molecule has 6 heteroatoms. The second-order valence-electron chi connectivity index (χ2n) is 9.47. The first-order chi connectivity index (χ1) is 16.7. The van der Waals surface area contributed by atoms with E-state index < -0.39 is 0 Å². The van der Waals surface area contributed by atoms with Crippen LogP contribution in [0.3, 0.4) is 0 Å². The Morgan fingerprint density at radius 3 is 2.56 bits per heavy atom. The number of amides is 1. The smallest absolute Gasteiger partial charge is 0.223 e. The molecule has 3 aliphatic heterocycles. The number of allylic oxidation sites excluding steroid dienone is 1. The average Bonchev–Trinajstić information content (AvgIpc) is 3.27. The van der Waals surface area contributed by atoms with Crippen molar-refractivity contribution in [1.82, 2.24) is 9.80 Å². The van der Waals surface area contributed by atoms with Crippen molar-refractivity contribution in [3.63, 3.8) is 0 Å². The molecule has 0 N–H and O–H groups in total. The van der Waals surface area contributed by atoms with Gasteiger partial charge in [-0.1, -0.05) is 65.8 Å². The third-order valence-corrected chi connectivity index (χ3v) is 7.17. The van der Waals surface area contributed by atoms with E-state index in [1.807, 2.05) is 23.1 Å². The summed E-state index contributed by atoms with van der Waals surface area (Å²) in [5.41, 5.74) is 4.25. The van der Waals surface area contributed by atoms with Crippen molar-refractivity contribution in [2.45, 2.75) is 25.9 Å². The van der Waals surface area contributed by atoms with Gasteiger partial charge in [-0.25, -0.2) is 0 Å². The van der Waals surface area contributed by atoms with Crippen molar-refractivity contribution >= 4 is 23.4 Å². The number of piperazine rings is 1. The molecule has 5 rings (SSSR count). The van der Waals surface area contributed by atoms with Gasteiger partial charge in [0.05, 0.1) is 17.3 Å². The van der Waals surface area contributed by atoms with Gasteiger partial charge in [-0.15, -0.1) is 0 Å². The van der Waals surface area contributed by atoms with Gasteiger partial charge in [-0.05, 0) is 31.0 Å². The molecule has 3 heterocycles. The summed E-state index contributed by atoms with van der Waals surface area (Å²) in [6.07, 6.45) is 6.80. The first-order valence-corrected chi connectivity index (χ1v) is 12.5. The highest BCUT2D eigenvalue weighted by molar-refractivity contribution is 6.12. The number of para-hydroxylation sites is 1. The molecule has 2 atom stereocenters. The van der Waals surface area contributed by atoms with E-state index in [1.54, 1.807) is 6.92 Å². The fourth-order valence-corrected chi connectivity index (χ4v) is 5.24. The van der Waals surface area contributed by atoms with Crippen LogP contribution >= 0.6 is 0 Å². The highest BCUT2D eigenvalue weighted by Crippen LogP contribution is 2.36. The van der Waals surface area contributed by atoms with Gasteiger partial charge in [0.2, 0.25) is 5.91 Å². The van der Waals surface area contributed by atoms with E-state index in [0.717, 1.165) is 62.7 Å². The summed E-state index contributed by atoms with van der Waals surface area (Å²) in [5.74, 6) is 0.206. The second kappa shape index (κ2) is 10.5. The minimum atomic E-state index is -0.000111. The molecule has 0 unspecified atom stereocenters. The largest absolute Gasteiger partial charge is 0.390 e. The normalized spacial score (nSPS) is 22.9. The zero-order chi connectivity index (χ0) is 23.3. The molecule has 178 valence electrons. The van der Waals surface area contributed by atoms with E-state index in [9.17, 15) is 4.79 Å². The lowest BCUT2D eigenvalue weighted by molar-refractivity contribution is -0.116. The molecule has 1 amide bonds. The van der Waals surface area contributed by atoms with E-state index >= 15 is 0 Å². The van der Waals surface area contributed by atoms with E-state index in [2.05, 4.69) is 63.5 Å². The molecule has 3 aliphatic rings. The van der Waals surface area contributed by atoms with Crippen molar-refractivity contribution in [2.75, 3.05) is 50.7 Å². The number of hydrogen-bond donors (Lipinski definition) is 0. The number of benzene rings is 2. The van der Waals surface area contributed by atoms with Crippen molar-refractivity contribution in [3.8, 4) is 0 Å². The van der Waals surface area contributed by atoms with E-state index in [0.29, 0.717) is 6.54 Å². The van der Waals surface area contributed by atoms with Crippen molar-refractivity contribution in [1.29, 1.82) is 0 Å². The minimum absolute atomic E-state index is 0.000111. The molecule has 1 saturated heterocycles. The summed E-state index contributed by atoms with van der Waals surface area (Å²) in [4.78, 5) is 25.2. The highest BCUT2D eigenvalue weighted by atomic mass is 16.6. The Labute approximate surface area is 202 Å². The first kappa shape index (κ1) is 22.8. The third-order valence-electron chi connectivity index (χ3n) is 7.17. The van der Waals surface area contributed by atoms with Gasteiger partial charge >= 0.3 is 0 Å². The van der Waals surface area contributed by atoms with Gasteiger partial charge in [-0.2, -0.15) is 0 Å². The fraction of sp³-hybridized carbons (Fsp3) is 0.429. The van der Waals surface area contributed by atoms with Crippen molar-refractivity contribution in [3.05, 3.63) is 71.8 Å². The van der Waals surface area contributed by atoms with Crippen LogP contribution in [0, 0.1) is 5.92 Å². The Bertz CT molecular complexity index is 1040. The quantitative estimate of drug-likeness (QED) is 0.591. The topological polar surface area (TPSA) is 48.4 Å². The lowest BCUT2D eigenvalue weighted by atomic mass is 9.86. The summed E-state index contributed by atoms with van der Waals surface area (Å²) in [7, 11) is 0. The van der Waals surface area contributed by atoms with Crippen LogP contribution in [0.5, 0.6) is 0 Å². The maximum Gasteiger partial charge on any atom is 0.223 e. The second-order valence-corrected chi connectivity index (χ2v) is 9.47. The van der Waals surface area contributed by atoms with Crippen molar-refractivity contribution < 1.29 is 9.63 Å². The van der Waals surface area contributed by atoms with Crippen LogP contribution in [0.1, 0.15) is 30.9 Å². The number of anilines is 1. The molecule has 0 aliphatic carbocycles. The summed E-state index contributed by atoms with van der Waals surface area (Å²) in [5, 5.41) is 4.47. The van der Waals surface area contributed by atoms with Crippen LogP contribution in [0.4, 0.5) is 5.69 Å². The standard InChI is InChI=1S/C28H34N4O2/c1-22(33)32-20-25-27(34-29-28(25)24-13-7-8-14-26(24)32)21-31-18-16-30(17-19-31)15-9-3-6-12-23-10-4-2-5-11-23/h2,4-8,10-14,25,27H,3,9,15-21H2,1H3/b12-6+/t25-,27-/m0/s1. The molecule has 34 heavy (non-hydrogen) atoms. The fourth-order valence-electron chi connectivity index (χ4n) is 5.24. The summed E-state index contributed by atoms with van der Waals surface area (Å²) in [6, 6.07) is 18.5. The molecule has 0 aromatic heterocycles. The van der Waals surface area contributed by atoms with Crippen LogP contribution < -0.4 is 4.90 Å². The molecular weight excluding hydrogens is 424 g/mol. The molecule has 2 aromatic rings. The Hall–Kier alpha value is -2.96. The van der Waals surface area contributed by atoms with E-state index in [4.69, 9.17) is 4.84 Å². The molecular formula is C28H34N4O2. The molecule has 6 nitrogen and oxygen atoms in total. The lowest BCUT2D eigenvalue weighted by Crippen LogP contribution is -2.51. The van der Waals surface area contributed by atoms with E-state index in [-0.39, 0.29) is 17.9 Å². The van der Waals surface area contributed by atoms with Crippen LogP contribution in [0.2, 0.25) is 0 Å². The Kier molecular flexibility index (Phi) is 7.07. The number of rotatable bonds is 7.